The molecule has 0 saturated carbocycles. The number of piperazine rings is 1. The standard InChI is InChI=1S/C15H26BN3O2S/c1-11-12(16-20-14(2,3)15(4,5)21-16)22-13(17-11)19-9-7-18(6)8-10-19/h7-10H2,1-6H3/i1D3,6D3,7D2,8D2,9D2,10D2. The molecule has 2 saturated heterocycles. The van der Waals surface area contributed by atoms with Crippen molar-refractivity contribution in [2.45, 2.75) is 45.7 Å². The van der Waals surface area contributed by atoms with Gasteiger partial charge in [0.15, 0.2) is 5.13 Å². The van der Waals surface area contributed by atoms with E-state index in [2.05, 4.69) is 4.98 Å². The Kier molecular flexibility index (Phi) is 1.58. The minimum Gasteiger partial charge on any atom is -0.399 e. The maximum atomic E-state index is 8.42. The minimum atomic E-state index is -3.62. The number of hydrogen-bond donors (Lipinski definition) is 0. The first-order valence-electron chi connectivity index (χ1n) is 13.6. The Bertz CT molecular complexity index is 994. The molecule has 2 aliphatic rings. The highest BCUT2D eigenvalue weighted by atomic mass is 32.1. The van der Waals surface area contributed by atoms with E-state index >= 15 is 0 Å². The maximum Gasteiger partial charge on any atom is 0.507 e. The van der Waals surface area contributed by atoms with E-state index in [1.54, 1.807) is 27.7 Å². The first-order chi connectivity index (χ1) is 15.6. The third-order valence-electron chi connectivity index (χ3n) is 3.85. The van der Waals surface area contributed by atoms with Gasteiger partial charge in [0.05, 0.1) is 27.2 Å². The normalized spacial score (nSPS) is 44.7. The van der Waals surface area contributed by atoms with E-state index in [1.165, 1.54) is 0 Å². The Labute approximate surface area is 157 Å². The number of rotatable bonds is 2. The molecule has 0 spiro atoms. The molecule has 0 bridgehead atoms. The third-order valence-corrected chi connectivity index (χ3v) is 4.91. The highest BCUT2D eigenvalue weighted by Gasteiger charge is 2.53. The molecule has 0 N–H and O–H groups in total. The van der Waals surface area contributed by atoms with Crippen LogP contribution in [-0.2, 0) is 9.31 Å². The second kappa shape index (κ2) is 5.48. The highest BCUT2D eigenvalue weighted by molar-refractivity contribution is 7.25. The van der Waals surface area contributed by atoms with Gasteiger partial charge in [0.25, 0.3) is 0 Å². The van der Waals surface area contributed by atoms with E-state index in [0.29, 0.717) is 11.3 Å². The Morgan fingerprint density at radius 1 is 1.18 bits per heavy atom. The van der Waals surface area contributed by atoms with Gasteiger partial charge in [0, 0.05) is 39.7 Å². The smallest absolute Gasteiger partial charge is 0.399 e. The lowest BCUT2D eigenvalue weighted by Gasteiger charge is -2.32. The molecule has 7 heteroatoms. The Balaban J connectivity index is 2.26. The van der Waals surface area contributed by atoms with Crippen molar-refractivity contribution in [2.24, 2.45) is 0 Å². The van der Waals surface area contributed by atoms with E-state index in [-0.39, 0.29) is 9.68 Å². The molecular formula is C15H26BN3O2S. The topological polar surface area (TPSA) is 37.8 Å². The summed E-state index contributed by atoms with van der Waals surface area (Å²) in [5, 5.41) is -0.723. The lowest BCUT2D eigenvalue weighted by Crippen LogP contribution is -2.44. The summed E-state index contributed by atoms with van der Waals surface area (Å²) in [7, 11) is -1.30. The van der Waals surface area contributed by atoms with Gasteiger partial charge >= 0.3 is 7.12 Å². The molecule has 1 aromatic heterocycles. The molecule has 2 fully saturated rings. The first kappa shape index (κ1) is 6.35. The summed E-state index contributed by atoms with van der Waals surface area (Å²) in [5.74, 6) is 0. The third kappa shape index (κ3) is 2.80. The van der Waals surface area contributed by atoms with Gasteiger partial charge < -0.3 is 19.1 Å². The van der Waals surface area contributed by atoms with Crippen molar-refractivity contribution in [2.75, 3.05) is 37.9 Å². The lowest BCUT2D eigenvalue weighted by molar-refractivity contribution is 0.00578. The van der Waals surface area contributed by atoms with E-state index < -0.39 is 73.9 Å². The van der Waals surface area contributed by atoms with Gasteiger partial charge in [-0.3, -0.25) is 0 Å². The van der Waals surface area contributed by atoms with Crippen molar-refractivity contribution in [3.63, 3.8) is 0 Å². The molecule has 0 amide bonds. The van der Waals surface area contributed by atoms with Crippen LogP contribution in [0.15, 0.2) is 0 Å². The molecule has 0 atom stereocenters. The molecule has 122 valence electrons. The van der Waals surface area contributed by atoms with E-state index in [9.17, 15) is 0 Å². The van der Waals surface area contributed by atoms with Crippen molar-refractivity contribution in [1.29, 1.82) is 0 Å². The average molecular weight is 337 g/mol. The van der Waals surface area contributed by atoms with Gasteiger partial charge in [-0.15, -0.1) is 11.3 Å². The van der Waals surface area contributed by atoms with Crippen molar-refractivity contribution in [1.82, 2.24) is 9.88 Å². The lowest BCUT2D eigenvalue weighted by atomic mass is 9.86. The Morgan fingerprint density at radius 2 is 1.82 bits per heavy atom. The number of anilines is 1. The molecule has 1 aromatic rings. The SMILES string of the molecule is [2H]C([2H])([2H])c1nc(N2C([2H])([2H])C([2H])([2H])N(C([2H])([2H])[2H])C([2H])([2H])C2([2H])[2H])sc1B1OC(C)(C)C(C)(C)O1. The molecule has 0 unspecified atom stereocenters. The molecule has 0 aliphatic carbocycles. The molecule has 3 rings (SSSR count). The van der Waals surface area contributed by atoms with Crippen LogP contribution in [0, 0.1) is 6.85 Å². The van der Waals surface area contributed by atoms with Gasteiger partial charge in [-0.25, -0.2) is 4.98 Å². The molecule has 0 aromatic carbocycles. The molecule has 22 heavy (non-hydrogen) atoms. The number of thiazole rings is 1. The summed E-state index contributed by atoms with van der Waals surface area (Å²) in [6.07, 6.45) is 0. The van der Waals surface area contributed by atoms with Gasteiger partial charge in [0.1, 0.15) is 0 Å². The fourth-order valence-corrected chi connectivity index (χ4v) is 2.73. The predicted octanol–water partition coefficient (Wildman–Crippen LogP) is 1.50. The van der Waals surface area contributed by atoms with Crippen LogP contribution in [0.5, 0.6) is 0 Å². The van der Waals surface area contributed by atoms with Crippen LogP contribution < -0.4 is 9.68 Å². The fraction of sp³-hybridized carbons (Fsp3) is 0.800. The largest absolute Gasteiger partial charge is 0.507 e. The predicted molar refractivity (Wildman–Crippen MR) is 92.3 cm³/mol. The minimum absolute atomic E-state index is 0.0247. The van der Waals surface area contributed by atoms with Crippen molar-refractivity contribution >= 4 is 28.4 Å². The second-order valence-electron chi connectivity index (χ2n) is 5.92. The van der Waals surface area contributed by atoms with Crippen LogP contribution in [-0.4, -0.2) is 61.2 Å². The van der Waals surface area contributed by atoms with Gasteiger partial charge in [-0.2, -0.15) is 0 Å². The van der Waals surface area contributed by atoms with Crippen LogP contribution in [0.25, 0.3) is 0 Å². The molecule has 0 radical (unpaired) electrons. The number of aromatic nitrogens is 1. The van der Waals surface area contributed by atoms with Crippen molar-refractivity contribution in [3.8, 4) is 0 Å². The fourth-order valence-electron chi connectivity index (χ4n) is 1.88. The summed E-state index contributed by atoms with van der Waals surface area (Å²) < 4.78 is 125. The number of nitrogens with zero attached hydrogens (tertiary/aromatic N) is 3. The Morgan fingerprint density at radius 3 is 2.36 bits per heavy atom. The monoisotopic (exact) mass is 337 g/mol. The Hall–Kier alpha value is -0.625. The average Bonchev–Trinajstić information content (AvgIpc) is 3.10. The van der Waals surface area contributed by atoms with Crippen molar-refractivity contribution < 1.29 is 28.5 Å². The number of aryl methyl sites for hydroxylation is 1. The zero-order valence-electron chi connectivity index (χ0n) is 26.6. The summed E-state index contributed by atoms with van der Waals surface area (Å²) in [6.45, 7) is -14.0. The zero-order valence-corrected chi connectivity index (χ0v) is 13.5. The van der Waals surface area contributed by atoms with Gasteiger partial charge in [-0.1, -0.05) is 0 Å². The molecule has 3 heterocycles. The zero-order chi connectivity index (χ0) is 28.3. The second-order valence-corrected chi connectivity index (χ2v) is 6.92. The molecule has 2 aliphatic heterocycles. The summed E-state index contributed by atoms with van der Waals surface area (Å²) >= 11 is 0.439. The van der Waals surface area contributed by atoms with Crippen LogP contribution in [0.2, 0.25) is 0 Å². The summed E-state index contributed by atoms with van der Waals surface area (Å²) in [6, 6.07) is 0. The maximum absolute atomic E-state index is 8.42. The van der Waals surface area contributed by atoms with Crippen LogP contribution in [0.3, 0.4) is 0 Å². The number of hydrogen-bond acceptors (Lipinski definition) is 6. The first-order valence-corrected chi connectivity index (χ1v) is 7.43. The van der Waals surface area contributed by atoms with Gasteiger partial charge in [0.2, 0.25) is 0 Å². The summed E-state index contributed by atoms with van der Waals surface area (Å²) in [4.78, 5) is 3.47. The highest BCUT2D eigenvalue weighted by Crippen LogP contribution is 2.37. The van der Waals surface area contributed by atoms with Crippen LogP contribution in [0.4, 0.5) is 5.13 Å². The van der Waals surface area contributed by atoms with E-state index in [4.69, 9.17) is 28.5 Å². The van der Waals surface area contributed by atoms with Crippen molar-refractivity contribution in [3.05, 3.63) is 5.69 Å². The number of likely N-dealkylation sites (N-methyl/N-ethyl adjacent to an activating group) is 1. The van der Waals surface area contributed by atoms with Gasteiger partial charge in [-0.05, 0) is 41.5 Å². The van der Waals surface area contributed by atoms with Crippen LogP contribution >= 0.6 is 11.3 Å². The quantitative estimate of drug-likeness (QED) is 0.765. The van der Waals surface area contributed by atoms with E-state index in [0.717, 1.165) is 0 Å². The van der Waals surface area contributed by atoms with Crippen LogP contribution in [0.1, 0.15) is 52.6 Å². The van der Waals surface area contributed by atoms with E-state index in [1.807, 2.05) is 0 Å². The molecule has 5 nitrogen and oxygen atoms in total. The molecular weight excluding hydrogens is 297 g/mol. The summed E-state index contributed by atoms with van der Waals surface area (Å²) in [5.41, 5.74) is -2.43.